The number of benzene rings is 1. The van der Waals surface area contributed by atoms with Crippen LogP contribution in [0.3, 0.4) is 0 Å². The van der Waals surface area contributed by atoms with Crippen molar-refractivity contribution < 1.29 is 19.1 Å². The maximum Gasteiger partial charge on any atom is 0.341 e. The van der Waals surface area contributed by atoms with Gasteiger partial charge in [0.25, 0.3) is 0 Å². The summed E-state index contributed by atoms with van der Waals surface area (Å²) in [5.41, 5.74) is 2.13. The summed E-state index contributed by atoms with van der Waals surface area (Å²) in [6.07, 6.45) is 1.47. The van der Waals surface area contributed by atoms with Crippen molar-refractivity contribution in [3.8, 4) is 0 Å². The fourth-order valence-electron chi connectivity index (χ4n) is 2.26. The van der Waals surface area contributed by atoms with E-state index < -0.39 is 11.9 Å². The van der Waals surface area contributed by atoms with Gasteiger partial charge in [-0.15, -0.1) is 0 Å². The molecule has 0 spiro atoms. The Bertz CT molecular complexity index is 725. The third-order valence-corrected chi connectivity index (χ3v) is 3.20. The van der Waals surface area contributed by atoms with Crippen LogP contribution in [0.1, 0.15) is 27.6 Å². The van der Waals surface area contributed by atoms with E-state index in [4.69, 9.17) is 9.47 Å². The van der Waals surface area contributed by atoms with Crippen molar-refractivity contribution in [2.75, 3.05) is 32.7 Å². The first-order valence-electron chi connectivity index (χ1n) is 6.85. The number of esters is 2. The molecule has 0 radical (unpaired) electrons. The molecule has 0 atom stereocenters. The molecule has 0 aliphatic carbocycles. The Kier molecular flexibility index (Phi) is 4.60. The average molecular weight is 302 g/mol. The molecule has 22 heavy (non-hydrogen) atoms. The smallest absolute Gasteiger partial charge is 0.341 e. The number of hydrogen-bond acceptors (Lipinski definition) is 6. The molecule has 0 aliphatic heterocycles. The number of anilines is 1. The van der Waals surface area contributed by atoms with E-state index in [-0.39, 0.29) is 0 Å². The van der Waals surface area contributed by atoms with Crippen LogP contribution in [0, 0.1) is 0 Å². The number of pyridine rings is 1. The summed E-state index contributed by atoms with van der Waals surface area (Å²) in [6, 6.07) is 5.05. The molecule has 6 nitrogen and oxygen atoms in total. The van der Waals surface area contributed by atoms with E-state index in [1.165, 1.54) is 13.3 Å². The number of ether oxygens (including phenoxy) is 2. The van der Waals surface area contributed by atoms with E-state index in [0.29, 0.717) is 28.9 Å². The second kappa shape index (κ2) is 6.43. The number of rotatable bonds is 4. The topological polar surface area (TPSA) is 68.7 Å². The van der Waals surface area contributed by atoms with E-state index in [9.17, 15) is 9.59 Å². The first-order chi connectivity index (χ1) is 10.5. The maximum atomic E-state index is 12.1. The van der Waals surface area contributed by atoms with E-state index in [0.717, 1.165) is 5.39 Å². The van der Waals surface area contributed by atoms with Gasteiger partial charge in [0.2, 0.25) is 0 Å². The Labute approximate surface area is 128 Å². The highest BCUT2D eigenvalue weighted by atomic mass is 16.5. The second-order valence-corrected chi connectivity index (χ2v) is 4.86. The quantitative estimate of drug-likeness (QED) is 0.807. The third-order valence-electron chi connectivity index (χ3n) is 3.20. The van der Waals surface area contributed by atoms with Gasteiger partial charge in [0.15, 0.2) is 0 Å². The van der Waals surface area contributed by atoms with Crippen LogP contribution in [0.2, 0.25) is 0 Å². The molecule has 0 saturated carbocycles. The second-order valence-electron chi connectivity index (χ2n) is 4.86. The first-order valence-corrected chi connectivity index (χ1v) is 6.85. The molecule has 0 unspecified atom stereocenters. The van der Waals surface area contributed by atoms with Crippen molar-refractivity contribution in [2.24, 2.45) is 0 Å². The first kappa shape index (κ1) is 15.8. The largest absolute Gasteiger partial charge is 0.465 e. The molecular formula is C16H18N2O4. The van der Waals surface area contributed by atoms with Crippen LogP contribution in [-0.2, 0) is 9.47 Å². The van der Waals surface area contributed by atoms with E-state index in [1.807, 2.05) is 19.0 Å². The summed E-state index contributed by atoms with van der Waals surface area (Å²) in [5, 5.41) is 0.767. The lowest BCUT2D eigenvalue weighted by molar-refractivity contribution is 0.0525. The molecule has 6 heteroatoms. The molecule has 2 rings (SSSR count). The van der Waals surface area contributed by atoms with Crippen molar-refractivity contribution >= 4 is 28.5 Å². The van der Waals surface area contributed by atoms with Crippen LogP contribution >= 0.6 is 0 Å². The van der Waals surface area contributed by atoms with Crippen LogP contribution in [0.5, 0.6) is 0 Å². The predicted molar refractivity (Wildman–Crippen MR) is 83.4 cm³/mol. The van der Waals surface area contributed by atoms with Gasteiger partial charge in [0, 0.05) is 25.7 Å². The number of carbonyl (C=O) groups excluding carboxylic acids is 2. The summed E-state index contributed by atoms with van der Waals surface area (Å²) in [5.74, 6) is -0.845. The molecule has 0 N–H and O–H groups in total. The summed E-state index contributed by atoms with van der Waals surface area (Å²) in [4.78, 5) is 29.8. The molecule has 1 heterocycles. The van der Waals surface area contributed by atoms with E-state index >= 15 is 0 Å². The molecule has 0 fully saturated rings. The fourth-order valence-corrected chi connectivity index (χ4v) is 2.26. The van der Waals surface area contributed by atoms with Crippen molar-refractivity contribution in [3.05, 3.63) is 35.5 Å². The van der Waals surface area contributed by atoms with Gasteiger partial charge in [0.1, 0.15) is 5.56 Å². The monoisotopic (exact) mass is 302 g/mol. The van der Waals surface area contributed by atoms with Gasteiger partial charge in [-0.2, -0.15) is 0 Å². The molecule has 1 aromatic heterocycles. The number of hydrogen-bond donors (Lipinski definition) is 0. The minimum atomic E-state index is -0.426. The van der Waals surface area contributed by atoms with Gasteiger partial charge < -0.3 is 14.4 Å². The van der Waals surface area contributed by atoms with E-state index in [1.54, 1.807) is 25.1 Å². The highest BCUT2D eigenvalue weighted by Gasteiger charge is 2.19. The van der Waals surface area contributed by atoms with Crippen molar-refractivity contribution in [1.82, 2.24) is 4.98 Å². The maximum absolute atomic E-state index is 12.1. The van der Waals surface area contributed by atoms with Crippen molar-refractivity contribution in [3.63, 3.8) is 0 Å². The summed E-state index contributed by atoms with van der Waals surface area (Å²) in [7, 11) is 5.01. The molecule has 0 aliphatic rings. The number of methoxy groups -OCH3 is 1. The lowest BCUT2D eigenvalue weighted by atomic mass is 10.1. The zero-order valence-corrected chi connectivity index (χ0v) is 13.0. The Morgan fingerprint density at radius 2 is 1.95 bits per heavy atom. The Balaban J connectivity index is 2.64. The summed E-state index contributed by atoms with van der Waals surface area (Å²) >= 11 is 0. The van der Waals surface area contributed by atoms with Crippen LogP contribution in [0.15, 0.2) is 24.4 Å². The fraction of sp³-hybridized carbons (Fsp3) is 0.312. The molecular weight excluding hydrogens is 284 g/mol. The molecule has 0 saturated heterocycles. The lowest BCUT2D eigenvalue weighted by Gasteiger charge is -2.19. The molecule has 0 bridgehead atoms. The highest BCUT2D eigenvalue weighted by Crippen LogP contribution is 2.29. The van der Waals surface area contributed by atoms with Crippen LogP contribution in [-0.4, -0.2) is 44.7 Å². The van der Waals surface area contributed by atoms with Gasteiger partial charge in [0.05, 0.1) is 30.5 Å². The van der Waals surface area contributed by atoms with Crippen LogP contribution in [0.4, 0.5) is 5.69 Å². The highest BCUT2D eigenvalue weighted by molar-refractivity contribution is 6.06. The Morgan fingerprint density at radius 3 is 2.55 bits per heavy atom. The molecule has 1 aromatic carbocycles. The molecule has 116 valence electrons. The SMILES string of the molecule is CCOC(=O)c1cnc2cc(C(=O)OC)ccc2c1N(C)C. The standard InChI is InChI=1S/C16H18N2O4/c1-5-22-16(20)12-9-17-13-8-10(15(19)21-4)6-7-11(13)14(12)18(2)3/h6-9H,5H2,1-4H3. The average Bonchev–Trinajstić information content (AvgIpc) is 2.52. The Hall–Kier alpha value is -2.63. The third kappa shape index (κ3) is 2.86. The van der Waals surface area contributed by atoms with E-state index in [2.05, 4.69) is 4.98 Å². The number of aromatic nitrogens is 1. The molecule has 2 aromatic rings. The van der Waals surface area contributed by atoms with Crippen molar-refractivity contribution in [1.29, 1.82) is 0 Å². The summed E-state index contributed by atoms with van der Waals surface area (Å²) < 4.78 is 9.77. The number of nitrogens with zero attached hydrogens (tertiary/aromatic N) is 2. The normalized spacial score (nSPS) is 10.4. The van der Waals surface area contributed by atoms with Gasteiger partial charge in [-0.05, 0) is 25.1 Å². The van der Waals surface area contributed by atoms with Gasteiger partial charge in [-0.1, -0.05) is 0 Å². The van der Waals surface area contributed by atoms with Gasteiger partial charge in [-0.3, -0.25) is 4.98 Å². The van der Waals surface area contributed by atoms with Crippen LogP contribution < -0.4 is 4.90 Å². The predicted octanol–water partition coefficient (Wildman–Crippen LogP) is 2.26. The zero-order chi connectivity index (χ0) is 16.3. The number of fused-ring (bicyclic) bond motifs is 1. The number of carbonyl (C=O) groups is 2. The van der Waals surface area contributed by atoms with Crippen LogP contribution in [0.25, 0.3) is 10.9 Å². The van der Waals surface area contributed by atoms with Gasteiger partial charge in [-0.25, -0.2) is 9.59 Å². The van der Waals surface area contributed by atoms with Gasteiger partial charge >= 0.3 is 11.9 Å². The van der Waals surface area contributed by atoms with Crippen molar-refractivity contribution in [2.45, 2.75) is 6.92 Å². The molecule has 0 amide bonds. The zero-order valence-electron chi connectivity index (χ0n) is 13.0. The summed E-state index contributed by atoms with van der Waals surface area (Å²) in [6.45, 7) is 2.05. The Morgan fingerprint density at radius 1 is 1.23 bits per heavy atom. The minimum absolute atomic E-state index is 0.297. The minimum Gasteiger partial charge on any atom is -0.465 e. The lowest BCUT2D eigenvalue weighted by Crippen LogP contribution is -2.16.